The maximum Gasteiger partial charge on any atom is 0.133 e. The molecular formula is C13H17BrO2. The molecule has 0 heterocycles. The highest BCUT2D eigenvalue weighted by Crippen LogP contribution is 2.38. The first-order valence-corrected chi connectivity index (χ1v) is 6.60. The van der Waals surface area contributed by atoms with Gasteiger partial charge in [-0.1, -0.05) is 18.9 Å². The lowest BCUT2D eigenvalue weighted by Crippen LogP contribution is -1.99. The minimum absolute atomic E-state index is 0.334. The maximum absolute atomic E-state index is 10.0. The Labute approximate surface area is 105 Å². The van der Waals surface area contributed by atoms with Gasteiger partial charge in [0.25, 0.3) is 0 Å². The summed E-state index contributed by atoms with van der Waals surface area (Å²) in [7, 11) is 0. The maximum atomic E-state index is 10.0. The largest absolute Gasteiger partial charge is 0.493 e. The molecule has 88 valence electrons. The predicted octanol–water partition coefficient (Wildman–Crippen LogP) is 3.68. The zero-order chi connectivity index (χ0) is 11.5. The Balaban J connectivity index is 2.06. The molecule has 1 N–H and O–H groups in total. The average molecular weight is 285 g/mol. The monoisotopic (exact) mass is 284 g/mol. The van der Waals surface area contributed by atoms with Crippen molar-refractivity contribution in [3.8, 4) is 5.75 Å². The third kappa shape index (κ3) is 2.98. The van der Waals surface area contributed by atoms with Crippen molar-refractivity contribution in [2.24, 2.45) is 5.92 Å². The molecule has 1 aromatic carbocycles. The Hall–Kier alpha value is -0.540. The number of aliphatic hydroxyl groups is 1. The van der Waals surface area contributed by atoms with Crippen LogP contribution in [0.1, 0.15) is 37.9 Å². The minimum Gasteiger partial charge on any atom is -0.493 e. The zero-order valence-electron chi connectivity index (χ0n) is 9.45. The van der Waals surface area contributed by atoms with Crippen LogP contribution in [0, 0.1) is 5.92 Å². The van der Waals surface area contributed by atoms with E-state index in [0.717, 1.165) is 28.1 Å². The number of ether oxygens (including phenoxy) is 1. The predicted molar refractivity (Wildman–Crippen MR) is 67.6 cm³/mol. The van der Waals surface area contributed by atoms with Crippen LogP contribution in [0.3, 0.4) is 0 Å². The van der Waals surface area contributed by atoms with E-state index in [4.69, 9.17) is 4.74 Å². The van der Waals surface area contributed by atoms with Gasteiger partial charge in [0.2, 0.25) is 0 Å². The van der Waals surface area contributed by atoms with Crippen LogP contribution in [0.4, 0.5) is 0 Å². The second-order valence-electron chi connectivity index (χ2n) is 4.32. The number of hydrogen-bond donors (Lipinski definition) is 1. The fourth-order valence-corrected chi connectivity index (χ4v) is 2.31. The number of rotatable bonds is 5. The Morgan fingerprint density at radius 1 is 1.50 bits per heavy atom. The molecule has 1 aromatic rings. The Kier molecular flexibility index (Phi) is 3.87. The molecule has 0 amide bonds. The van der Waals surface area contributed by atoms with Gasteiger partial charge in [0.1, 0.15) is 5.75 Å². The third-order valence-electron chi connectivity index (χ3n) is 2.89. The molecule has 3 heteroatoms. The van der Waals surface area contributed by atoms with Gasteiger partial charge >= 0.3 is 0 Å². The van der Waals surface area contributed by atoms with Crippen LogP contribution in [0.5, 0.6) is 5.75 Å². The van der Waals surface area contributed by atoms with Gasteiger partial charge in [0.15, 0.2) is 0 Å². The molecule has 16 heavy (non-hydrogen) atoms. The molecule has 0 bridgehead atoms. The van der Waals surface area contributed by atoms with E-state index in [1.165, 1.54) is 12.8 Å². The number of aliphatic hydroxyl groups excluding tert-OH is 1. The Morgan fingerprint density at radius 3 is 2.81 bits per heavy atom. The van der Waals surface area contributed by atoms with Crippen molar-refractivity contribution in [2.45, 2.75) is 32.3 Å². The summed E-state index contributed by atoms with van der Waals surface area (Å²) < 4.78 is 6.35. The molecule has 1 atom stereocenters. The van der Waals surface area contributed by atoms with E-state index in [0.29, 0.717) is 6.61 Å². The summed E-state index contributed by atoms with van der Waals surface area (Å²) in [5.41, 5.74) is 0.974. The molecule has 1 saturated carbocycles. The molecule has 1 fully saturated rings. The molecule has 1 unspecified atom stereocenters. The Morgan fingerprint density at radius 2 is 2.25 bits per heavy atom. The molecule has 2 rings (SSSR count). The fraction of sp³-hybridized carbons (Fsp3) is 0.538. The molecule has 0 spiro atoms. The summed E-state index contributed by atoms with van der Waals surface area (Å²) in [5.74, 6) is 1.57. The van der Waals surface area contributed by atoms with E-state index < -0.39 is 0 Å². The van der Waals surface area contributed by atoms with E-state index in [9.17, 15) is 5.11 Å². The van der Waals surface area contributed by atoms with E-state index in [-0.39, 0.29) is 6.10 Å². The number of halogens is 1. The second-order valence-corrected chi connectivity index (χ2v) is 5.17. The smallest absolute Gasteiger partial charge is 0.133 e. The van der Waals surface area contributed by atoms with Gasteiger partial charge in [-0.3, -0.25) is 0 Å². The second kappa shape index (κ2) is 5.19. The normalized spacial score (nSPS) is 17.2. The molecule has 0 aliphatic heterocycles. The highest BCUT2D eigenvalue weighted by atomic mass is 79.9. The van der Waals surface area contributed by atoms with Crippen LogP contribution >= 0.6 is 15.9 Å². The van der Waals surface area contributed by atoms with Gasteiger partial charge in [0.05, 0.1) is 17.2 Å². The van der Waals surface area contributed by atoms with Crippen molar-refractivity contribution in [1.29, 1.82) is 0 Å². The first-order valence-electron chi connectivity index (χ1n) is 5.81. The van der Waals surface area contributed by atoms with Crippen molar-refractivity contribution >= 4 is 15.9 Å². The van der Waals surface area contributed by atoms with Crippen LogP contribution in [0.25, 0.3) is 0 Å². The zero-order valence-corrected chi connectivity index (χ0v) is 11.0. The topological polar surface area (TPSA) is 29.5 Å². The van der Waals surface area contributed by atoms with E-state index in [1.807, 2.05) is 25.1 Å². The number of hydrogen-bond acceptors (Lipinski definition) is 2. The summed E-state index contributed by atoms with van der Waals surface area (Å²) in [6.45, 7) is 2.62. The average Bonchev–Trinajstić information content (AvgIpc) is 3.05. The standard InChI is InChI=1S/C13H17BrO2/c1-2-16-13-6-5-10(8-11(13)14)12(15)7-9-3-4-9/h5-6,8-9,12,15H,2-4,7H2,1H3. The SMILES string of the molecule is CCOc1ccc(C(O)CC2CC2)cc1Br. The first-order chi connectivity index (χ1) is 7.70. The summed E-state index contributed by atoms with van der Waals surface area (Å²) in [5, 5.41) is 10.0. The van der Waals surface area contributed by atoms with Crippen molar-refractivity contribution in [1.82, 2.24) is 0 Å². The lowest BCUT2D eigenvalue weighted by atomic mass is 10.0. The molecule has 0 aromatic heterocycles. The summed E-state index contributed by atoms with van der Waals surface area (Å²) in [6.07, 6.45) is 3.10. The highest BCUT2D eigenvalue weighted by Gasteiger charge is 2.25. The van der Waals surface area contributed by atoms with Crippen LogP contribution in [-0.2, 0) is 0 Å². The van der Waals surface area contributed by atoms with Crippen LogP contribution in [0.2, 0.25) is 0 Å². The molecule has 2 nitrogen and oxygen atoms in total. The van der Waals surface area contributed by atoms with E-state index in [2.05, 4.69) is 15.9 Å². The van der Waals surface area contributed by atoms with Crippen molar-refractivity contribution in [2.75, 3.05) is 6.61 Å². The van der Waals surface area contributed by atoms with Crippen LogP contribution in [0.15, 0.2) is 22.7 Å². The summed E-state index contributed by atoms with van der Waals surface area (Å²) in [4.78, 5) is 0. The quantitative estimate of drug-likeness (QED) is 0.894. The molecule has 1 aliphatic carbocycles. The highest BCUT2D eigenvalue weighted by molar-refractivity contribution is 9.10. The lowest BCUT2D eigenvalue weighted by molar-refractivity contribution is 0.160. The van der Waals surface area contributed by atoms with E-state index >= 15 is 0 Å². The molecular weight excluding hydrogens is 268 g/mol. The first kappa shape index (κ1) is 11.9. The van der Waals surface area contributed by atoms with Gasteiger partial charge in [0, 0.05) is 0 Å². The molecule has 1 aliphatic rings. The number of benzene rings is 1. The van der Waals surface area contributed by atoms with Gasteiger partial charge in [-0.2, -0.15) is 0 Å². The summed E-state index contributed by atoms with van der Waals surface area (Å²) >= 11 is 3.46. The van der Waals surface area contributed by atoms with Gasteiger partial charge in [-0.05, 0) is 52.9 Å². The van der Waals surface area contributed by atoms with Crippen LogP contribution in [-0.4, -0.2) is 11.7 Å². The Bertz CT molecular complexity index is 361. The lowest BCUT2D eigenvalue weighted by Gasteiger charge is -2.12. The molecule has 0 saturated heterocycles. The van der Waals surface area contributed by atoms with E-state index in [1.54, 1.807) is 0 Å². The van der Waals surface area contributed by atoms with Crippen molar-refractivity contribution in [3.05, 3.63) is 28.2 Å². The van der Waals surface area contributed by atoms with Crippen LogP contribution < -0.4 is 4.74 Å². The summed E-state index contributed by atoms with van der Waals surface area (Å²) in [6, 6.07) is 5.82. The van der Waals surface area contributed by atoms with Crippen molar-refractivity contribution < 1.29 is 9.84 Å². The van der Waals surface area contributed by atoms with Gasteiger partial charge < -0.3 is 9.84 Å². The van der Waals surface area contributed by atoms with Gasteiger partial charge in [-0.15, -0.1) is 0 Å². The minimum atomic E-state index is -0.334. The third-order valence-corrected chi connectivity index (χ3v) is 3.51. The molecule has 0 radical (unpaired) electrons. The fourth-order valence-electron chi connectivity index (χ4n) is 1.80. The van der Waals surface area contributed by atoms with Crippen molar-refractivity contribution in [3.63, 3.8) is 0 Å². The van der Waals surface area contributed by atoms with Gasteiger partial charge in [-0.25, -0.2) is 0 Å².